The molecule has 0 radical (unpaired) electrons. The fourth-order valence-electron chi connectivity index (χ4n) is 3.99. The summed E-state index contributed by atoms with van der Waals surface area (Å²) < 4.78 is 1.88. The van der Waals surface area contributed by atoms with E-state index in [4.69, 9.17) is 0 Å². The summed E-state index contributed by atoms with van der Waals surface area (Å²) in [6.45, 7) is 3.46. The molecular weight excluding hydrogens is 391 g/mol. The number of fused-ring (bicyclic) bond motifs is 2. The van der Waals surface area contributed by atoms with E-state index in [2.05, 4.69) is 9.97 Å². The van der Waals surface area contributed by atoms with Crippen LogP contribution in [-0.4, -0.2) is 54.2 Å². The Morgan fingerprint density at radius 1 is 1.46 bits per heavy atom. The van der Waals surface area contributed by atoms with Crippen molar-refractivity contribution in [2.24, 2.45) is 11.8 Å². The molecule has 3 unspecified atom stereocenters. The molecule has 28 heavy (non-hydrogen) atoms. The van der Waals surface area contributed by atoms with E-state index >= 15 is 0 Å². The van der Waals surface area contributed by atoms with E-state index in [0.29, 0.717) is 17.1 Å². The Morgan fingerprint density at radius 3 is 2.86 bits per heavy atom. The molecule has 0 saturated carbocycles. The van der Waals surface area contributed by atoms with E-state index in [1.54, 1.807) is 19.3 Å². The summed E-state index contributed by atoms with van der Waals surface area (Å²) in [5.74, 6) is -1.77. The van der Waals surface area contributed by atoms with Gasteiger partial charge in [-0.05, 0) is 6.92 Å². The third kappa shape index (κ3) is 3.39. The van der Waals surface area contributed by atoms with Gasteiger partial charge in [0, 0.05) is 41.6 Å². The normalized spacial score (nSPS) is 24.8. The third-order valence-corrected chi connectivity index (χ3v) is 6.52. The van der Waals surface area contributed by atoms with Crippen molar-refractivity contribution in [3.8, 4) is 0 Å². The molecule has 2 aliphatic rings. The summed E-state index contributed by atoms with van der Waals surface area (Å²) in [7, 11) is 0. The topological polar surface area (TPSA) is 111 Å². The fraction of sp³-hybridized carbons (Fsp3) is 0.444. The largest absolute Gasteiger partial charge is 1.00 e. The molecule has 4 atom stereocenters. The third-order valence-electron chi connectivity index (χ3n) is 5.23. The number of aromatic nitrogens is 3. The first kappa shape index (κ1) is 21.3. The van der Waals surface area contributed by atoms with E-state index in [0.717, 1.165) is 11.3 Å². The SMILES string of the molecule is CC(O)C1C(=O)N2C(C(=O)[O-])=C(SCCc3cn4ccncc4n3)[C@H](C)C12.[Na+]. The number of thioether (sulfide) groups is 1. The first-order valence-corrected chi connectivity index (χ1v) is 9.75. The maximum absolute atomic E-state index is 12.3. The molecule has 1 amide bonds. The number of amides is 1. The van der Waals surface area contributed by atoms with Gasteiger partial charge < -0.3 is 24.3 Å². The Kier molecular flexibility index (Phi) is 6.21. The van der Waals surface area contributed by atoms with Crippen molar-refractivity contribution in [2.75, 3.05) is 5.75 Å². The number of carboxylic acid groups (broad SMARTS) is 1. The van der Waals surface area contributed by atoms with Crippen molar-refractivity contribution in [1.82, 2.24) is 19.3 Å². The molecule has 2 aromatic rings. The second kappa shape index (κ2) is 8.16. The number of hydrogen-bond donors (Lipinski definition) is 1. The Labute approximate surface area is 188 Å². The molecule has 142 valence electrons. The minimum absolute atomic E-state index is 0. The Balaban J connectivity index is 0.00000225. The zero-order valence-corrected chi connectivity index (χ0v) is 18.7. The van der Waals surface area contributed by atoms with Gasteiger partial charge in [0.25, 0.3) is 0 Å². The number of hydrogen-bond acceptors (Lipinski definition) is 7. The Morgan fingerprint density at radius 2 is 2.21 bits per heavy atom. The summed E-state index contributed by atoms with van der Waals surface area (Å²) in [4.78, 5) is 34.4. The van der Waals surface area contributed by atoms with Crippen LogP contribution in [0.1, 0.15) is 19.5 Å². The molecule has 2 aromatic heterocycles. The van der Waals surface area contributed by atoms with Gasteiger partial charge in [-0.2, -0.15) is 0 Å². The molecule has 8 nitrogen and oxygen atoms in total. The number of carboxylic acids is 1. The van der Waals surface area contributed by atoms with Gasteiger partial charge in [0.05, 0.1) is 41.6 Å². The second-order valence-electron chi connectivity index (χ2n) is 6.93. The van der Waals surface area contributed by atoms with Gasteiger partial charge in [0.1, 0.15) is 0 Å². The molecule has 4 heterocycles. The predicted octanol–water partition coefficient (Wildman–Crippen LogP) is -3.17. The average Bonchev–Trinajstić information content (AvgIpc) is 3.12. The molecule has 2 aliphatic heterocycles. The van der Waals surface area contributed by atoms with Gasteiger partial charge in [-0.1, -0.05) is 6.92 Å². The Hall–Kier alpha value is -1.39. The van der Waals surface area contributed by atoms with E-state index in [1.807, 2.05) is 23.7 Å². The summed E-state index contributed by atoms with van der Waals surface area (Å²) >= 11 is 1.41. The first-order valence-electron chi connectivity index (χ1n) is 8.77. The molecule has 1 N–H and O–H groups in total. The van der Waals surface area contributed by atoms with Crippen LogP contribution in [0.15, 0.2) is 35.4 Å². The van der Waals surface area contributed by atoms with E-state index in [9.17, 15) is 19.8 Å². The van der Waals surface area contributed by atoms with Crippen LogP contribution in [0.2, 0.25) is 0 Å². The van der Waals surface area contributed by atoms with Crippen molar-refractivity contribution < 1.29 is 49.4 Å². The number of carbonyl (C=O) groups excluding carboxylic acids is 2. The summed E-state index contributed by atoms with van der Waals surface area (Å²) in [6.07, 6.45) is 6.95. The zero-order chi connectivity index (χ0) is 19.3. The monoisotopic (exact) mass is 410 g/mol. The van der Waals surface area contributed by atoms with Crippen molar-refractivity contribution in [3.05, 3.63) is 41.1 Å². The van der Waals surface area contributed by atoms with Gasteiger partial charge in [-0.3, -0.25) is 9.78 Å². The quantitative estimate of drug-likeness (QED) is 0.395. The van der Waals surface area contributed by atoms with Gasteiger partial charge >= 0.3 is 29.6 Å². The van der Waals surface area contributed by atoms with Crippen LogP contribution in [0, 0.1) is 11.8 Å². The number of carbonyl (C=O) groups is 2. The number of rotatable bonds is 6. The smallest absolute Gasteiger partial charge is 0.543 e. The molecular formula is C18H19N4NaO4S. The predicted molar refractivity (Wildman–Crippen MR) is 96.2 cm³/mol. The fourth-order valence-corrected chi connectivity index (χ4v) is 5.24. The number of β-lactam (4-membered cyclic amide) rings is 1. The first-order chi connectivity index (χ1) is 12.9. The molecule has 1 fully saturated rings. The number of nitrogens with zero attached hydrogens (tertiary/aromatic N) is 4. The number of aliphatic hydroxyl groups is 1. The number of aryl methyl sites for hydroxylation is 1. The van der Waals surface area contributed by atoms with Crippen molar-refractivity contribution in [1.29, 1.82) is 0 Å². The summed E-state index contributed by atoms with van der Waals surface area (Å²) in [6, 6.07) is -0.311. The van der Waals surface area contributed by atoms with Crippen LogP contribution in [0.5, 0.6) is 0 Å². The average molecular weight is 410 g/mol. The number of aliphatic hydroxyl groups excluding tert-OH is 1. The number of aliphatic carboxylic acids is 1. The molecule has 10 heteroatoms. The Bertz CT molecular complexity index is 927. The maximum atomic E-state index is 12.3. The molecule has 0 aromatic carbocycles. The molecule has 1 saturated heterocycles. The van der Waals surface area contributed by atoms with Crippen LogP contribution >= 0.6 is 11.8 Å². The minimum atomic E-state index is -1.34. The van der Waals surface area contributed by atoms with Gasteiger partial charge in [-0.15, -0.1) is 11.8 Å². The summed E-state index contributed by atoms with van der Waals surface area (Å²) in [5.41, 5.74) is 1.60. The van der Waals surface area contributed by atoms with E-state index < -0.39 is 18.0 Å². The van der Waals surface area contributed by atoms with Gasteiger partial charge in [0.2, 0.25) is 5.91 Å². The van der Waals surface area contributed by atoms with Crippen LogP contribution in [0.3, 0.4) is 0 Å². The van der Waals surface area contributed by atoms with Crippen LogP contribution in [0.4, 0.5) is 0 Å². The van der Waals surface area contributed by atoms with Crippen LogP contribution in [-0.2, 0) is 16.0 Å². The van der Waals surface area contributed by atoms with Crippen molar-refractivity contribution in [2.45, 2.75) is 32.4 Å². The zero-order valence-electron chi connectivity index (χ0n) is 15.9. The van der Waals surface area contributed by atoms with Crippen LogP contribution in [0.25, 0.3) is 5.65 Å². The van der Waals surface area contributed by atoms with E-state index in [1.165, 1.54) is 16.7 Å². The van der Waals surface area contributed by atoms with Gasteiger partial charge in [-0.25, -0.2) is 4.98 Å². The molecule has 0 spiro atoms. The van der Waals surface area contributed by atoms with E-state index in [-0.39, 0.29) is 53.1 Å². The van der Waals surface area contributed by atoms with Crippen LogP contribution < -0.4 is 34.7 Å². The molecule has 0 bridgehead atoms. The minimum Gasteiger partial charge on any atom is -0.543 e. The standard InChI is InChI=1S/C18H20N4O4S.Na/c1-9-14-13(10(2)23)17(24)22(14)15(18(25)26)16(9)27-6-3-11-8-21-5-4-19-7-12(21)20-11;/h4-5,7-10,13-14,23H,3,6H2,1-2H3,(H,25,26);/q;+1/p-1/t9-,10?,13?,14?;/m1./s1. The summed E-state index contributed by atoms with van der Waals surface area (Å²) in [5, 5.41) is 21.5. The van der Waals surface area contributed by atoms with Crippen molar-refractivity contribution >= 4 is 29.3 Å². The molecule has 4 rings (SSSR count). The molecule has 0 aliphatic carbocycles. The second-order valence-corrected chi connectivity index (χ2v) is 8.06. The number of imidazole rings is 1. The maximum Gasteiger partial charge on any atom is 1.00 e. The van der Waals surface area contributed by atoms with Crippen molar-refractivity contribution in [3.63, 3.8) is 0 Å². The van der Waals surface area contributed by atoms with Gasteiger partial charge in [0.15, 0.2) is 5.65 Å².